The second kappa shape index (κ2) is 5.95. The zero-order valence-electron chi connectivity index (χ0n) is 9.43. The van der Waals surface area contributed by atoms with Gasteiger partial charge in [-0.25, -0.2) is 0 Å². The van der Waals surface area contributed by atoms with Gasteiger partial charge in [0.05, 0.1) is 25.4 Å². The molecule has 1 aromatic heterocycles. The molecule has 6 nitrogen and oxygen atoms in total. The van der Waals surface area contributed by atoms with Gasteiger partial charge in [0.2, 0.25) is 0 Å². The molecule has 0 radical (unpaired) electrons. The number of rotatable bonds is 7. The zero-order chi connectivity index (χ0) is 12.0. The Labute approximate surface area is 94.5 Å². The molecule has 0 fully saturated rings. The quantitative estimate of drug-likeness (QED) is 0.446. The van der Waals surface area contributed by atoms with E-state index in [1.54, 1.807) is 10.9 Å². The summed E-state index contributed by atoms with van der Waals surface area (Å²) in [5.41, 5.74) is 0.0497. The molecule has 1 rings (SSSR count). The molecule has 6 heteroatoms. The number of aliphatic hydroxyl groups is 3. The van der Waals surface area contributed by atoms with Gasteiger partial charge >= 0.3 is 0 Å². The third-order valence-electron chi connectivity index (χ3n) is 2.71. The first-order chi connectivity index (χ1) is 7.67. The van der Waals surface area contributed by atoms with E-state index >= 15 is 0 Å². The summed E-state index contributed by atoms with van der Waals surface area (Å²) in [6.07, 6.45) is 2.44. The molecule has 0 aliphatic heterocycles. The Kier molecular flexibility index (Phi) is 4.88. The number of aryl methyl sites for hydroxylation is 1. The molecule has 0 aliphatic rings. The molecule has 0 amide bonds. The summed E-state index contributed by atoms with van der Waals surface area (Å²) < 4.78 is 1.76. The summed E-state index contributed by atoms with van der Waals surface area (Å²) >= 11 is 0. The maximum Gasteiger partial charge on any atom is 0.0881 e. The number of hydrogen-bond donors (Lipinski definition) is 4. The summed E-state index contributed by atoms with van der Waals surface area (Å²) in [5.74, 6) is 0. The van der Waals surface area contributed by atoms with E-state index in [9.17, 15) is 0 Å². The Morgan fingerprint density at radius 1 is 1.31 bits per heavy atom. The van der Waals surface area contributed by atoms with Gasteiger partial charge in [0.25, 0.3) is 0 Å². The van der Waals surface area contributed by atoms with E-state index in [0.29, 0.717) is 6.54 Å². The van der Waals surface area contributed by atoms with E-state index < -0.39 is 5.54 Å². The molecule has 4 N–H and O–H groups in total. The van der Waals surface area contributed by atoms with Crippen molar-refractivity contribution in [1.29, 1.82) is 0 Å². The lowest BCUT2D eigenvalue weighted by atomic mass is 10.0. The molecule has 16 heavy (non-hydrogen) atoms. The minimum absolute atomic E-state index is 0.300. The van der Waals surface area contributed by atoms with Gasteiger partial charge in [0, 0.05) is 31.9 Å². The summed E-state index contributed by atoms with van der Waals surface area (Å²) in [6, 6.07) is 1.90. The lowest BCUT2D eigenvalue weighted by molar-refractivity contribution is 0.0430. The van der Waals surface area contributed by atoms with Crippen LogP contribution in [0.2, 0.25) is 0 Å². The Morgan fingerprint density at radius 3 is 2.38 bits per heavy atom. The number of aromatic nitrogens is 2. The van der Waals surface area contributed by atoms with Crippen LogP contribution in [-0.2, 0) is 13.5 Å². The molecular formula is C10H19N3O3. The van der Waals surface area contributed by atoms with E-state index in [1.807, 2.05) is 13.1 Å². The highest BCUT2D eigenvalue weighted by atomic mass is 16.3. The van der Waals surface area contributed by atoms with Gasteiger partial charge in [-0.15, -0.1) is 0 Å². The molecule has 0 unspecified atom stereocenters. The average molecular weight is 229 g/mol. The molecule has 1 aromatic rings. The maximum absolute atomic E-state index is 9.09. The number of hydrogen-bond acceptors (Lipinski definition) is 5. The van der Waals surface area contributed by atoms with Crippen LogP contribution in [0, 0.1) is 0 Å². The van der Waals surface area contributed by atoms with Crippen molar-refractivity contribution < 1.29 is 15.3 Å². The van der Waals surface area contributed by atoms with Crippen molar-refractivity contribution in [3.63, 3.8) is 0 Å². The van der Waals surface area contributed by atoms with Gasteiger partial charge < -0.3 is 20.6 Å². The van der Waals surface area contributed by atoms with Crippen LogP contribution in [-0.4, -0.2) is 57.0 Å². The van der Waals surface area contributed by atoms with Crippen molar-refractivity contribution in [2.45, 2.75) is 12.0 Å². The molecule has 0 atom stereocenters. The fourth-order valence-corrected chi connectivity index (χ4v) is 1.42. The largest absolute Gasteiger partial charge is 0.394 e. The highest BCUT2D eigenvalue weighted by Gasteiger charge is 2.26. The molecule has 0 spiro atoms. The van der Waals surface area contributed by atoms with Gasteiger partial charge in [0.1, 0.15) is 0 Å². The molecule has 0 saturated heterocycles. The minimum Gasteiger partial charge on any atom is -0.394 e. The highest BCUT2D eigenvalue weighted by molar-refractivity contribution is 5.01. The lowest BCUT2D eigenvalue weighted by Gasteiger charge is -2.28. The van der Waals surface area contributed by atoms with E-state index in [1.165, 1.54) is 0 Å². The number of nitrogens with zero attached hydrogens (tertiary/aromatic N) is 2. The second-order valence-corrected chi connectivity index (χ2v) is 3.88. The van der Waals surface area contributed by atoms with Crippen LogP contribution in [0.1, 0.15) is 5.69 Å². The second-order valence-electron chi connectivity index (χ2n) is 3.88. The van der Waals surface area contributed by atoms with E-state index in [2.05, 4.69) is 10.4 Å². The first-order valence-electron chi connectivity index (χ1n) is 5.22. The molecular weight excluding hydrogens is 210 g/mol. The summed E-state index contributed by atoms with van der Waals surface area (Å²) in [7, 11) is 1.85. The smallest absolute Gasteiger partial charge is 0.0881 e. The zero-order valence-corrected chi connectivity index (χ0v) is 9.43. The molecule has 0 bridgehead atoms. The normalized spacial score (nSPS) is 12.0. The average Bonchev–Trinajstić information content (AvgIpc) is 2.71. The Hall–Kier alpha value is -0.950. The topological polar surface area (TPSA) is 90.5 Å². The van der Waals surface area contributed by atoms with Crippen molar-refractivity contribution in [3.8, 4) is 0 Å². The van der Waals surface area contributed by atoms with E-state index in [4.69, 9.17) is 15.3 Å². The van der Waals surface area contributed by atoms with Crippen molar-refractivity contribution in [3.05, 3.63) is 18.0 Å². The predicted octanol–water partition coefficient (Wildman–Crippen LogP) is -1.73. The van der Waals surface area contributed by atoms with Crippen molar-refractivity contribution in [1.82, 2.24) is 15.1 Å². The summed E-state index contributed by atoms with van der Waals surface area (Å²) in [6.45, 7) is -0.344. The van der Waals surface area contributed by atoms with Crippen LogP contribution in [0.25, 0.3) is 0 Å². The van der Waals surface area contributed by atoms with Crippen molar-refractivity contribution >= 4 is 0 Å². The first kappa shape index (κ1) is 13.1. The van der Waals surface area contributed by atoms with Crippen LogP contribution in [0.4, 0.5) is 0 Å². The monoisotopic (exact) mass is 229 g/mol. The van der Waals surface area contributed by atoms with Gasteiger partial charge in [-0.05, 0) is 6.07 Å². The summed E-state index contributed by atoms with van der Waals surface area (Å²) in [4.78, 5) is 0. The third-order valence-corrected chi connectivity index (χ3v) is 2.71. The van der Waals surface area contributed by atoms with Gasteiger partial charge in [-0.1, -0.05) is 0 Å². The predicted molar refractivity (Wildman–Crippen MR) is 58.9 cm³/mol. The molecule has 92 valence electrons. The van der Waals surface area contributed by atoms with Gasteiger partial charge in [-0.3, -0.25) is 4.68 Å². The van der Waals surface area contributed by atoms with Crippen LogP contribution in [0.15, 0.2) is 12.3 Å². The third kappa shape index (κ3) is 3.02. The standard InChI is InChI=1S/C10H19N3O3/c1-13-9(3-5-12-13)2-4-11-10(6-14,7-15)8-16/h3,5,11,14-16H,2,4,6-8H2,1H3. The molecule has 0 saturated carbocycles. The van der Waals surface area contributed by atoms with Crippen LogP contribution in [0.5, 0.6) is 0 Å². The van der Waals surface area contributed by atoms with Gasteiger partial charge in [-0.2, -0.15) is 5.10 Å². The molecule has 0 aromatic carbocycles. The fraction of sp³-hybridized carbons (Fsp3) is 0.700. The number of nitrogens with one attached hydrogen (secondary N) is 1. The van der Waals surface area contributed by atoms with Gasteiger partial charge in [0.15, 0.2) is 0 Å². The SMILES string of the molecule is Cn1nccc1CCNC(CO)(CO)CO. The number of aliphatic hydroxyl groups excluding tert-OH is 3. The lowest BCUT2D eigenvalue weighted by Crippen LogP contribution is -2.55. The van der Waals surface area contributed by atoms with E-state index in [0.717, 1.165) is 12.1 Å². The fourth-order valence-electron chi connectivity index (χ4n) is 1.42. The van der Waals surface area contributed by atoms with Crippen LogP contribution < -0.4 is 5.32 Å². The van der Waals surface area contributed by atoms with Crippen LogP contribution >= 0.6 is 0 Å². The Morgan fingerprint density at radius 2 is 1.94 bits per heavy atom. The Bertz CT molecular complexity index is 302. The maximum atomic E-state index is 9.09. The highest BCUT2D eigenvalue weighted by Crippen LogP contribution is 2.03. The summed E-state index contributed by atoms with van der Waals surface area (Å²) in [5, 5.41) is 34.3. The van der Waals surface area contributed by atoms with E-state index in [-0.39, 0.29) is 19.8 Å². The molecule has 1 heterocycles. The van der Waals surface area contributed by atoms with Crippen molar-refractivity contribution in [2.75, 3.05) is 26.4 Å². The molecule has 0 aliphatic carbocycles. The van der Waals surface area contributed by atoms with Crippen molar-refractivity contribution in [2.24, 2.45) is 7.05 Å². The Balaban J connectivity index is 2.42. The minimum atomic E-state index is -1.00. The first-order valence-corrected chi connectivity index (χ1v) is 5.22. The van der Waals surface area contributed by atoms with Crippen LogP contribution in [0.3, 0.4) is 0 Å².